The molecule has 0 unspecified atom stereocenters. The smallest absolute Gasteiger partial charge is 0.318 e. The minimum atomic E-state index is -3.81. The van der Waals surface area contributed by atoms with E-state index in [1.165, 1.54) is 12.1 Å². The van der Waals surface area contributed by atoms with E-state index in [9.17, 15) is 8.42 Å². The van der Waals surface area contributed by atoms with Gasteiger partial charge in [0, 0.05) is 0 Å². The molecule has 0 aliphatic rings. The highest BCUT2D eigenvalue weighted by atomic mass is 32.2. The summed E-state index contributed by atoms with van der Waals surface area (Å²) in [5.41, 5.74) is 0. The van der Waals surface area contributed by atoms with Crippen LogP contribution in [0.15, 0.2) is 30.3 Å². The lowest BCUT2D eigenvalue weighted by Crippen LogP contribution is -2.22. The fraction of sp³-hybridized carbons (Fsp3) is 0.300. The maximum atomic E-state index is 11.4. The molecule has 0 radical (unpaired) electrons. The number of hydrogen-bond acceptors (Lipinski definition) is 5. The average Bonchev–Trinajstić information content (AvgIpc) is 2.17. The van der Waals surface area contributed by atoms with Crippen molar-refractivity contribution in [3.05, 3.63) is 30.3 Å². The molecule has 0 bridgehead atoms. The zero-order chi connectivity index (χ0) is 12.0. The van der Waals surface area contributed by atoms with E-state index < -0.39 is 15.9 Å². The summed E-state index contributed by atoms with van der Waals surface area (Å²) >= 11 is 0. The third-order valence-electron chi connectivity index (χ3n) is 1.59. The first-order valence-corrected chi connectivity index (χ1v) is 6.28. The minimum Gasteiger partial charge on any atom is -0.481 e. The van der Waals surface area contributed by atoms with Gasteiger partial charge in [-0.1, -0.05) is 18.2 Å². The van der Waals surface area contributed by atoms with Crippen molar-refractivity contribution in [2.24, 2.45) is 0 Å². The van der Waals surface area contributed by atoms with Crippen LogP contribution in [0.3, 0.4) is 0 Å². The topological polar surface area (TPSA) is 76.5 Å². The van der Waals surface area contributed by atoms with E-state index >= 15 is 0 Å². The summed E-state index contributed by atoms with van der Waals surface area (Å²) < 4.78 is 32.4. The van der Waals surface area contributed by atoms with Crippen molar-refractivity contribution in [1.82, 2.24) is 0 Å². The lowest BCUT2D eigenvalue weighted by molar-refractivity contribution is 0.321. The molecule has 0 fully saturated rings. The molecule has 16 heavy (non-hydrogen) atoms. The van der Waals surface area contributed by atoms with Gasteiger partial charge < -0.3 is 8.92 Å². The second-order valence-electron chi connectivity index (χ2n) is 2.95. The number of hydrogen-bond donors (Lipinski definition) is 1. The van der Waals surface area contributed by atoms with Gasteiger partial charge in [-0.25, -0.2) is 0 Å². The van der Waals surface area contributed by atoms with Crippen LogP contribution >= 0.6 is 0 Å². The molecule has 1 aromatic rings. The van der Waals surface area contributed by atoms with Gasteiger partial charge in [-0.3, -0.25) is 5.41 Å². The molecule has 0 aromatic heterocycles. The molecule has 0 saturated carbocycles. The van der Waals surface area contributed by atoms with Crippen LogP contribution < -0.4 is 4.18 Å². The molecule has 1 N–H and O–H groups in total. The molecule has 5 nitrogen and oxygen atoms in total. The lowest BCUT2D eigenvalue weighted by Gasteiger charge is -2.07. The number of para-hydroxylation sites is 1. The molecule has 88 valence electrons. The number of ether oxygens (including phenoxy) is 1. The first kappa shape index (κ1) is 12.5. The van der Waals surface area contributed by atoms with E-state index in [2.05, 4.69) is 0 Å². The highest BCUT2D eigenvalue weighted by Gasteiger charge is 2.16. The Morgan fingerprint density at radius 3 is 2.50 bits per heavy atom. The zero-order valence-electron chi connectivity index (χ0n) is 8.84. The Labute approximate surface area is 94.6 Å². The molecule has 1 aromatic carbocycles. The molecule has 0 heterocycles. The summed E-state index contributed by atoms with van der Waals surface area (Å²) in [7, 11) is -3.81. The van der Waals surface area contributed by atoms with Crippen molar-refractivity contribution >= 4 is 16.0 Å². The maximum Gasteiger partial charge on any atom is 0.318 e. The van der Waals surface area contributed by atoms with Crippen LogP contribution in [0.25, 0.3) is 0 Å². The number of nitrogens with one attached hydrogen (secondary N) is 1. The second kappa shape index (κ2) is 5.50. The molecule has 6 heteroatoms. The Bertz CT molecular complexity index is 441. The summed E-state index contributed by atoms with van der Waals surface area (Å²) in [6.45, 7) is 1.94. The fourth-order valence-electron chi connectivity index (χ4n) is 1.03. The van der Waals surface area contributed by atoms with Crippen LogP contribution in [0.2, 0.25) is 0 Å². The van der Waals surface area contributed by atoms with Gasteiger partial charge in [0.15, 0.2) is 11.7 Å². The summed E-state index contributed by atoms with van der Waals surface area (Å²) in [6, 6.07) is 8.14. The van der Waals surface area contributed by atoms with Crippen LogP contribution in [-0.2, 0) is 14.9 Å². The Balaban J connectivity index is 2.63. The van der Waals surface area contributed by atoms with E-state index in [4.69, 9.17) is 14.3 Å². The van der Waals surface area contributed by atoms with Crippen molar-refractivity contribution in [3.63, 3.8) is 0 Å². The van der Waals surface area contributed by atoms with Crippen LogP contribution in [0, 0.1) is 5.41 Å². The van der Waals surface area contributed by atoms with E-state index in [0.717, 1.165) is 0 Å². The first-order valence-electron chi connectivity index (χ1n) is 4.71. The Morgan fingerprint density at radius 1 is 1.31 bits per heavy atom. The normalized spacial score (nSPS) is 10.8. The number of benzene rings is 1. The molecule has 0 atom stereocenters. The van der Waals surface area contributed by atoms with Gasteiger partial charge in [0.2, 0.25) is 0 Å². The van der Waals surface area contributed by atoms with Gasteiger partial charge in [0.05, 0.1) is 6.61 Å². The SMILES string of the molecule is CCOC(=N)CS(=O)(=O)Oc1ccccc1. The van der Waals surface area contributed by atoms with Gasteiger partial charge >= 0.3 is 10.1 Å². The molecule has 0 aliphatic heterocycles. The molecular formula is C10H13NO4S. The Morgan fingerprint density at radius 2 is 1.94 bits per heavy atom. The molecule has 0 aliphatic carbocycles. The summed E-state index contributed by atoms with van der Waals surface area (Å²) in [6.07, 6.45) is 0. The second-order valence-corrected chi connectivity index (χ2v) is 4.53. The summed E-state index contributed by atoms with van der Waals surface area (Å²) in [5, 5.41) is 7.23. The molecule has 0 spiro atoms. The van der Waals surface area contributed by atoms with E-state index in [1.807, 2.05) is 0 Å². The lowest BCUT2D eigenvalue weighted by atomic mass is 10.3. The molecular weight excluding hydrogens is 230 g/mol. The predicted octanol–water partition coefficient (Wildman–Crippen LogP) is 1.41. The summed E-state index contributed by atoms with van der Waals surface area (Å²) in [4.78, 5) is 0. The average molecular weight is 243 g/mol. The van der Waals surface area contributed by atoms with Crippen LogP contribution in [0.1, 0.15) is 6.92 Å². The molecule has 0 amide bonds. The van der Waals surface area contributed by atoms with Gasteiger partial charge in [-0.05, 0) is 19.1 Å². The molecule has 1 rings (SSSR count). The van der Waals surface area contributed by atoms with Crippen molar-refractivity contribution < 1.29 is 17.3 Å². The van der Waals surface area contributed by atoms with Gasteiger partial charge in [0.1, 0.15) is 5.75 Å². The largest absolute Gasteiger partial charge is 0.481 e. The van der Waals surface area contributed by atoms with Gasteiger partial charge in [-0.15, -0.1) is 0 Å². The van der Waals surface area contributed by atoms with E-state index in [-0.39, 0.29) is 18.3 Å². The summed E-state index contributed by atoms with van der Waals surface area (Å²) in [5.74, 6) is -0.652. The minimum absolute atomic E-state index is 0.229. The predicted molar refractivity (Wildman–Crippen MR) is 60.2 cm³/mol. The first-order chi connectivity index (χ1) is 7.53. The monoisotopic (exact) mass is 243 g/mol. The standard InChI is InChI=1S/C10H13NO4S/c1-2-14-10(11)8-16(12,13)15-9-6-4-3-5-7-9/h3-7,11H,2,8H2,1H3. The quantitative estimate of drug-likeness (QED) is 0.482. The van der Waals surface area contributed by atoms with E-state index in [0.29, 0.717) is 0 Å². The Kier molecular flexibility index (Phi) is 4.30. The third kappa shape index (κ3) is 4.31. The van der Waals surface area contributed by atoms with Gasteiger partial charge in [-0.2, -0.15) is 8.42 Å². The highest BCUT2D eigenvalue weighted by Crippen LogP contribution is 2.11. The number of rotatable bonds is 5. The van der Waals surface area contributed by atoms with Crippen LogP contribution in [-0.4, -0.2) is 26.7 Å². The highest BCUT2D eigenvalue weighted by molar-refractivity contribution is 7.87. The van der Waals surface area contributed by atoms with Crippen molar-refractivity contribution in [2.75, 3.05) is 12.4 Å². The molecule has 0 saturated heterocycles. The van der Waals surface area contributed by atoms with Gasteiger partial charge in [0.25, 0.3) is 0 Å². The van der Waals surface area contributed by atoms with Crippen molar-refractivity contribution in [1.29, 1.82) is 5.41 Å². The maximum absolute atomic E-state index is 11.4. The Hall–Kier alpha value is -1.56. The van der Waals surface area contributed by atoms with Crippen molar-refractivity contribution in [2.45, 2.75) is 6.92 Å². The van der Waals surface area contributed by atoms with Crippen molar-refractivity contribution in [3.8, 4) is 5.75 Å². The fourth-order valence-corrected chi connectivity index (χ4v) is 1.90. The van der Waals surface area contributed by atoms with E-state index in [1.54, 1.807) is 25.1 Å². The third-order valence-corrected chi connectivity index (χ3v) is 2.65. The van der Waals surface area contributed by atoms with Crippen LogP contribution in [0.4, 0.5) is 0 Å². The van der Waals surface area contributed by atoms with Crippen LogP contribution in [0.5, 0.6) is 5.75 Å². The zero-order valence-corrected chi connectivity index (χ0v) is 9.66.